The van der Waals surface area contributed by atoms with Crippen LogP contribution in [0.5, 0.6) is 11.5 Å². The number of nitrogens with zero attached hydrogens (tertiary/aromatic N) is 9. The van der Waals surface area contributed by atoms with E-state index in [0.717, 1.165) is 4.63 Å². The van der Waals surface area contributed by atoms with Crippen molar-refractivity contribution < 1.29 is 38.9 Å². The van der Waals surface area contributed by atoms with E-state index in [4.69, 9.17) is 9.47 Å². The SMILES string of the molecule is O=C(Nc1cc(OCCCCOc2ccc(C(=O)O)c(NC(=O)c3ccc4nnnn4n3)c2)ccc1C(=O)O)c1ccc(-n2ccnc2)nn1. The topological polar surface area (TPSA) is 251 Å². The minimum Gasteiger partial charge on any atom is -0.494 e. The fraction of sp³-hybridized carbons (Fsp3) is 0.129. The first-order chi connectivity index (χ1) is 24.2. The number of carbonyl (C=O) groups excluding carboxylic acids is 2. The third-order valence-corrected chi connectivity index (χ3v) is 6.97. The van der Waals surface area contributed by atoms with E-state index >= 15 is 0 Å². The van der Waals surface area contributed by atoms with Gasteiger partial charge in [0.25, 0.3) is 11.8 Å². The van der Waals surface area contributed by atoms with Crippen LogP contribution < -0.4 is 20.1 Å². The van der Waals surface area contributed by atoms with Gasteiger partial charge in [-0.2, -0.15) is 0 Å². The molecule has 0 aliphatic rings. The lowest BCUT2D eigenvalue weighted by Crippen LogP contribution is -2.17. The first-order valence-electron chi connectivity index (χ1n) is 14.8. The molecule has 2 aromatic carbocycles. The molecule has 0 saturated heterocycles. The van der Waals surface area contributed by atoms with Gasteiger partial charge in [-0.1, -0.05) is 0 Å². The maximum atomic E-state index is 12.8. The van der Waals surface area contributed by atoms with Crippen molar-refractivity contribution in [3.05, 3.63) is 102 Å². The molecule has 0 spiro atoms. The number of carboxylic acid groups (broad SMARTS) is 2. The van der Waals surface area contributed by atoms with Crippen LogP contribution in [0.2, 0.25) is 0 Å². The van der Waals surface area contributed by atoms with Gasteiger partial charge >= 0.3 is 11.9 Å². The van der Waals surface area contributed by atoms with Gasteiger partial charge in [0.2, 0.25) is 0 Å². The highest BCUT2D eigenvalue weighted by atomic mass is 16.5. The van der Waals surface area contributed by atoms with E-state index < -0.39 is 23.8 Å². The molecule has 4 N–H and O–H groups in total. The van der Waals surface area contributed by atoms with Gasteiger partial charge in [0.1, 0.15) is 17.8 Å². The summed E-state index contributed by atoms with van der Waals surface area (Å²) < 4.78 is 14.2. The molecule has 19 nitrogen and oxygen atoms in total. The summed E-state index contributed by atoms with van der Waals surface area (Å²) >= 11 is 0. The van der Waals surface area contributed by atoms with E-state index in [1.165, 1.54) is 60.9 Å². The Balaban J connectivity index is 1.01. The molecule has 0 radical (unpaired) electrons. The molecule has 0 bridgehead atoms. The number of aromatic nitrogens is 9. The first-order valence-corrected chi connectivity index (χ1v) is 14.8. The van der Waals surface area contributed by atoms with Crippen LogP contribution in [-0.2, 0) is 0 Å². The second-order valence-electron chi connectivity index (χ2n) is 10.3. The molecule has 6 aromatic rings. The Bertz CT molecular complexity index is 2190. The summed E-state index contributed by atoms with van der Waals surface area (Å²) in [5.41, 5.74) is 0.00412. The molecule has 0 unspecified atom stereocenters. The maximum absolute atomic E-state index is 12.8. The number of ether oxygens (including phenoxy) is 2. The zero-order valence-electron chi connectivity index (χ0n) is 25.7. The Morgan fingerprint density at radius 3 is 1.90 bits per heavy atom. The third-order valence-electron chi connectivity index (χ3n) is 6.97. The lowest BCUT2D eigenvalue weighted by atomic mass is 10.1. The second kappa shape index (κ2) is 14.6. The van der Waals surface area contributed by atoms with Crippen LogP contribution in [0.1, 0.15) is 54.5 Å². The summed E-state index contributed by atoms with van der Waals surface area (Å²) in [5, 5.41) is 47.1. The number of amides is 2. The molecular formula is C31H25N11O8. The Labute approximate surface area is 280 Å². The number of hydrogen-bond acceptors (Lipinski definition) is 13. The zero-order chi connectivity index (χ0) is 35.0. The highest BCUT2D eigenvalue weighted by Crippen LogP contribution is 2.25. The summed E-state index contributed by atoms with van der Waals surface area (Å²) in [6.45, 7) is 0.475. The van der Waals surface area contributed by atoms with Crippen molar-refractivity contribution in [2.75, 3.05) is 23.8 Å². The summed E-state index contributed by atoms with van der Waals surface area (Å²) in [5.74, 6) is -2.73. The Hall–Kier alpha value is -7.31. The van der Waals surface area contributed by atoms with Crippen LogP contribution in [0.4, 0.5) is 11.4 Å². The lowest BCUT2D eigenvalue weighted by Gasteiger charge is -2.13. The summed E-state index contributed by atoms with van der Waals surface area (Å²) in [6.07, 6.45) is 5.84. The molecule has 50 heavy (non-hydrogen) atoms. The van der Waals surface area contributed by atoms with Gasteiger partial charge in [0.05, 0.1) is 35.7 Å². The van der Waals surface area contributed by atoms with E-state index in [0.29, 0.717) is 35.8 Å². The van der Waals surface area contributed by atoms with Gasteiger partial charge in [-0.3, -0.25) is 14.2 Å². The normalized spacial score (nSPS) is 10.8. The maximum Gasteiger partial charge on any atom is 0.337 e. The van der Waals surface area contributed by atoms with Crippen LogP contribution in [0.15, 0.2) is 79.4 Å². The van der Waals surface area contributed by atoms with E-state index in [9.17, 15) is 29.4 Å². The third kappa shape index (κ3) is 7.62. The molecule has 2 amide bonds. The van der Waals surface area contributed by atoms with Crippen molar-refractivity contribution >= 4 is 40.8 Å². The van der Waals surface area contributed by atoms with Gasteiger partial charge < -0.3 is 30.3 Å². The van der Waals surface area contributed by atoms with Gasteiger partial charge in [-0.25, -0.2) is 14.6 Å². The number of hydrogen-bond donors (Lipinski definition) is 4. The molecule has 6 rings (SSSR count). The summed E-state index contributed by atoms with van der Waals surface area (Å²) in [7, 11) is 0. The minimum absolute atomic E-state index is 0.00758. The van der Waals surface area contributed by atoms with Crippen molar-refractivity contribution in [3.63, 3.8) is 0 Å². The number of tetrazole rings is 1. The predicted octanol–water partition coefficient (Wildman–Crippen LogP) is 2.63. The lowest BCUT2D eigenvalue weighted by molar-refractivity contribution is 0.0686. The monoisotopic (exact) mass is 679 g/mol. The number of nitrogens with one attached hydrogen (secondary N) is 2. The van der Waals surface area contributed by atoms with Crippen molar-refractivity contribution in [2.45, 2.75) is 12.8 Å². The van der Waals surface area contributed by atoms with Crippen LogP contribution in [0.25, 0.3) is 11.5 Å². The summed E-state index contributed by atoms with van der Waals surface area (Å²) in [4.78, 5) is 53.1. The number of carboxylic acids is 2. The highest BCUT2D eigenvalue weighted by Gasteiger charge is 2.18. The average molecular weight is 680 g/mol. The molecule has 252 valence electrons. The standard InChI is InChI=1S/C31H25N11O8/c43-28(22-7-9-26(36-35-22)41-12-11-32-17-41)33-24-15-18(3-5-20(24)30(45)46)49-13-1-2-14-50-19-4-6-21(31(47)48)25(16-19)34-29(44)23-8-10-27-37-39-40-42(27)38-23/h3-12,15-17H,1-2,13-14H2,(H,33,43)(H,34,44)(H,45,46)(H,47,48). The largest absolute Gasteiger partial charge is 0.494 e. The molecule has 19 heteroatoms. The molecule has 0 fully saturated rings. The number of aromatic carboxylic acids is 2. The predicted molar refractivity (Wildman–Crippen MR) is 171 cm³/mol. The van der Waals surface area contributed by atoms with Crippen LogP contribution in [0, 0.1) is 0 Å². The molecule has 0 atom stereocenters. The molecule has 0 aliphatic heterocycles. The fourth-order valence-corrected chi connectivity index (χ4v) is 4.51. The molecule has 0 saturated carbocycles. The van der Waals surface area contributed by atoms with Crippen molar-refractivity contribution in [3.8, 4) is 17.3 Å². The molecule has 4 heterocycles. The molecule has 0 aliphatic carbocycles. The second-order valence-corrected chi connectivity index (χ2v) is 10.3. The van der Waals surface area contributed by atoms with Crippen LogP contribution in [-0.4, -0.2) is 92.2 Å². The highest BCUT2D eigenvalue weighted by molar-refractivity contribution is 6.07. The minimum atomic E-state index is -1.25. The number of imidazole rings is 1. The Kier molecular flexibility index (Phi) is 9.55. The van der Waals surface area contributed by atoms with Crippen molar-refractivity contribution in [1.29, 1.82) is 0 Å². The molecule has 4 aromatic heterocycles. The van der Waals surface area contributed by atoms with Gasteiger partial charge in [0, 0.05) is 24.5 Å². The number of rotatable bonds is 14. The van der Waals surface area contributed by atoms with Crippen molar-refractivity contribution in [2.24, 2.45) is 0 Å². The van der Waals surface area contributed by atoms with Crippen molar-refractivity contribution in [1.82, 2.24) is 45.0 Å². The quantitative estimate of drug-likeness (QED) is 0.121. The summed E-state index contributed by atoms with van der Waals surface area (Å²) in [6, 6.07) is 14.3. The number of anilines is 2. The van der Waals surface area contributed by atoms with Crippen LogP contribution >= 0.6 is 0 Å². The number of unbranched alkanes of at least 4 members (excludes halogenated alkanes) is 1. The number of benzene rings is 2. The number of fused-ring (bicyclic) bond motifs is 1. The zero-order valence-corrected chi connectivity index (χ0v) is 25.7. The van der Waals surface area contributed by atoms with Gasteiger partial charge in [-0.05, 0) is 71.8 Å². The Morgan fingerprint density at radius 2 is 1.34 bits per heavy atom. The smallest absolute Gasteiger partial charge is 0.337 e. The Morgan fingerprint density at radius 1 is 0.720 bits per heavy atom. The van der Waals surface area contributed by atoms with E-state index in [-0.39, 0.29) is 47.1 Å². The van der Waals surface area contributed by atoms with Gasteiger partial charge in [-0.15, -0.1) is 25.0 Å². The van der Waals surface area contributed by atoms with Gasteiger partial charge in [0.15, 0.2) is 22.9 Å². The van der Waals surface area contributed by atoms with E-state index in [1.807, 2.05) is 0 Å². The van der Waals surface area contributed by atoms with E-state index in [1.54, 1.807) is 23.0 Å². The van der Waals surface area contributed by atoms with E-state index in [2.05, 4.69) is 46.4 Å². The van der Waals surface area contributed by atoms with Crippen LogP contribution in [0.3, 0.4) is 0 Å². The first kappa shape index (κ1) is 32.6. The average Bonchev–Trinajstić information content (AvgIpc) is 3.82. The molecular weight excluding hydrogens is 654 g/mol. The number of carbonyl (C=O) groups is 4. The fourth-order valence-electron chi connectivity index (χ4n) is 4.51.